The maximum absolute atomic E-state index is 9.45. The number of pyridine rings is 1. The van der Waals surface area contributed by atoms with Crippen LogP contribution in [0.15, 0.2) is 36.9 Å². The van der Waals surface area contributed by atoms with E-state index in [1.54, 1.807) is 37.8 Å². The lowest BCUT2D eigenvalue weighted by Crippen LogP contribution is -2.21. The minimum atomic E-state index is -0.106. The van der Waals surface area contributed by atoms with Crippen LogP contribution in [0.4, 0.5) is 17.2 Å². The Morgan fingerprint density at radius 3 is 2.78 bits per heavy atom. The van der Waals surface area contributed by atoms with E-state index < -0.39 is 0 Å². The van der Waals surface area contributed by atoms with E-state index in [0.717, 1.165) is 6.42 Å². The van der Waals surface area contributed by atoms with Crippen LogP contribution in [-0.2, 0) is 4.74 Å². The lowest BCUT2D eigenvalue weighted by molar-refractivity contribution is 0.0794. The van der Waals surface area contributed by atoms with Gasteiger partial charge in [0.1, 0.15) is 23.7 Å². The molecule has 0 amide bonds. The Balaban J connectivity index is 2.05. The second-order valence-corrected chi connectivity index (χ2v) is 5.88. The van der Waals surface area contributed by atoms with Gasteiger partial charge in [-0.25, -0.2) is 4.98 Å². The largest absolute Gasteiger partial charge is 0.486 e. The number of methoxy groups -OCH3 is 1. The highest BCUT2D eigenvalue weighted by molar-refractivity contribution is 5.98. The molecule has 27 heavy (non-hydrogen) atoms. The van der Waals surface area contributed by atoms with E-state index in [2.05, 4.69) is 26.3 Å². The number of ether oxygens (including phenoxy) is 2. The molecule has 138 valence electrons. The second-order valence-electron chi connectivity index (χ2n) is 5.88. The molecule has 0 aliphatic rings. The van der Waals surface area contributed by atoms with E-state index in [9.17, 15) is 5.26 Å². The summed E-state index contributed by atoms with van der Waals surface area (Å²) in [6, 6.07) is 5.65. The van der Waals surface area contributed by atoms with Gasteiger partial charge in [-0.05, 0) is 12.5 Å². The molecule has 2 heterocycles. The fourth-order valence-electron chi connectivity index (χ4n) is 2.65. The van der Waals surface area contributed by atoms with Crippen LogP contribution in [0.5, 0.6) is 5.75 Å². The molecule has 1 atom stereocenters. The van der Waals surface area contributed by atoms with Crippen LogP contribution < -0.4 is 15.8 Å². The van der Waals surface area contributed by atoms with Crippen LogP contribution >= 0.6 is 0 Å². The molecule has 0 aliphatic heterocycles. The van der Waals surface area contributed by atoms with Crippen LogP contribution in [0, 0.1) is 11.3 Å². The number of hydrogen-bond acceptors (Lipinski definition) is 8. The molecule has 0 aliphatic carbocycles. The van der Waals surface area contributed by atoms with Crippen molar-refractivity contribution in [3.8, 4) is 11.8 Å². The molecule has 3 N–H and O–H groups in total. The van der Waals surface area contributed by atoms with E-state index in [1.807, 2.05) is 6.92 Å². The number of nitrogens with one attached hydrogen (secondary N) is 1. The van der Waals surface area contributed by atoms with Crippen molar-refractivity contribution in [1.82, 2.24) is 15.0 Å². The van der Waals surface area contributed by atoms with Gasteiger partial charge < -0.3 is 20.5 Å². The van der Waals surface area contributed by atoms with E-state index >= 15 is 0 Å². The summed E-state index contributed by atoms with van der Waals surface area (Å²) in [6.07, 6.45) is 6.90. The number of benzene rings is 1. The molecule has 0 spiro atoms. The van der Waals surface area contributed by atoms with Crippen molar-refractivity contribution >= 4 is 28.1 Å². The summed E-state index contributed by atoms with van der Waals surface area (Å²) in [4.78, 5) is 12.6. The first-order valence-electron chi connectivity index (χ1n) is 8.47. The topological polar surface area (TPSA) is 119 Å². The van der Waals surface area contributed by atoms with Crippen LogP contribution in [0.2, 0.25) is 0 Å². The molecule has 8 heteroatoms. The monoisotopic (exact) mass is 364 g/mol. The van der Waals surface area contributed by atoms with Gasteiger partial charge >= 0.3 is 0 Å². The Bertz CT molecular complexity index is 971. The molecule has 1 aromatic carbocycles. The van der Waals surface area contributed by atoms with Crippen molar-refractivity contribution in [2.24, 2.45) is 0 Å². The maximum Gasteiger partial charge on any atom is 0.148 e. The van der Waals surface area contributed by atoms with Gasteiger partial charge in [-0.1, -0.05) is 6.92 Å². The number of nitriles is 1. The molecule has 0 radical (unpaired) electrons. The molecule has 3 rings (SSSR count). The zero-order valence-electron chi connectivity index (χ0n) is 15.1. The second kappa shape index (κ2) is 8.29. The van der Waals surface area contributed by atoms with E-state index in [4.69, 9.17) is 15.2 Å². The third kappa shape index (κ3) is 4.04. The van der Waals surface area contributed by atoms with E-state index in [0.29, 0.717) is 46.0 Å². The smallest absolute Gasteiger partial charge is 0.148 e. The third-order valence-corrected chi connectivity index (χ3v) is 4.04. The average molecular weight is 364 g/mol. The number of hydrogen-bond donors (Lipinski definition) is 2. The average Bonchev–Trinajstić information content (AvgIpc) is 2.69. The van der Waals surface area contributed by atoms with Gasteiger partial charge in [0.2, 0.25) is 0 Å². The van der Waals surface area contributed by atoms with Crippen molar-refractivity contribution in [2.75, 3.05) is 24.8 Å². The fourth-order valence-corrected chi connectivity index (χ4v) is 2.65. The predicted octanol–water partition coefficient (Wildman–Crippen LogP) is 3.03. The molecule has 0 saturated carbocycles. The maximum atomic E-state index is 9.45. The van der Waals surface area contributed by atoms with Gasteiger partial charge in [-0.15, -0.1) is 0 Å². The minimum absolute atomic E-state index is 0.106. The molecule has 8 nitrogen and oxygen atoms in total. The lowest BCUT2D eigenvalue weighted by Gasteiger charge is -2.19. The van der Waals surface area contributed by atoms with Crippen molar-refractivity contribution in [1.29, 1.82) is 5.26 Å². The Morgan fingerprint density at radius 2 is 2.11 bits per heavy atom. The van der Waals surface area contributed by atoms with Gasteiger partial charge in [-0.3, -0.25) is 9.97 Å². The summed E-state index contributed by atoms with van der Waals surface area (Å²) in [5, 5.41) is 13.3. The Labute approximate surface area is 157 Å². The molecular formula is C19H20N6O2. The van der Waals surface area contributed by atoms with Gasteiger partial charge in [0.15, 0.2) is 0 Å². The quantitative estimate of drug-likeness (QED) is 0.614. The molecule has 3 aromatic rings. The van der Waals surface area contributed by atoms with Crippen molar-refractivity contribution < 1.29 is 9.47 Å². The van der Waals surface area contributed by atoms with Crippen LogP contribution in [0.1, 0.15) is 18.9 Å². The van der Waals surface area contributed by atoms with Crippen molar-refractivity contribution in [3.63, 3.8) is 0 Å². The third-order valence-electron chi connectivity index (χ3n) is 4.04. The number of fused-ring (bicyclic) bond motifs is 1. The normalized spacial score (nSPS) is 11.7. The van der Waals surface area contributed by atoms with Crippen molar-refractivity contribution in [3.05, 3.63) is 42.5 Å². The number of nitrogens with zero attached hydrogens (tertiary/aromatic N) is 4. The number of rotatable bonds is 7. The summed E-state index contributed by atoms with van der Waals surface area (Å²) >= 11 is 0. The number of anilines is 3. The first-order valence-corrected chi connectivity index (χ1v) is 8.47. The number of nitrogens with two attached hydrogens (primary N) is 1. The summed E-state index contributed by atoms with van der Waals surface area (Å²) in [5.74, 6) is 1.06. The first-order chi connectivity index (χ1) is 13.2. The zero-order valence-corrected chi connectivity index (χ0v) is 15.1. The number of nitrogen functional groups attached to an aromatic ring is 1. The standard InChI is InChI=1S/C19H20N6O2/c1-3-13(11-26-2)27-17-7-16-14(6-15(17)21)19(12(8-20)9-24-16)25-18-10-22-4-5-23-18/h4-7,9-10,13H,3,11,21H2,1-2H3,(H,23,24,25). The lowest BCUT2D eigenvalue weighted by atomic mass is 10.1. The highest BCUT2D eigenvalue weighted by atomic mass is 16.5. The van der Waals surface area contributed by atoms with Crippen LogP contribution in [0.25, 0.3) is 10.9 Å². The minimum Gasteiger partial charge on any atom is -0.486 e. The molecule has 0 saturated heterocycles. The zero-order chi connectivity index (χ0) is 19.2. The van der Waals surface area contributed by atoms with Gasteiger partial charge in [0.25, 0.3) is 0 Å². The first kappa shape index (κ1) is 18.4. The number of aromatic nitrogens is 3. The van der Waals surface area contributed by atoms with Gasteiger partial charge in [-0.2, -0.15) is 5.26 Å². The SMILES string of the molecule is CCC(COC)Oc1cc2ncc(C#N)c(Nc3cnccn3)c2cc1N. The Hall–Kier alpha value is -3.44. The fraction of sp³-hybridized carbons (Fsp3) is 0.263. The van der Waals surface area contributed by atoms with Crippen LogP contribution in [0.3, 0.4) is 0 Å². The summed E-state index contributed by atoms with van der Waals surface area (Å²) in [5.41, 5.74) is 8.27. The van der Waals surface area contributed by atoms with E-state index in [1.165, 1.54) is 6.20 Å². The summed E-state index contributed by atoms with van der Waals surface area (Å²) < 4.78 is 11.1. The Kier molecular flexibility index (Phi) is 5.64. The van der Waals surface area contributed by atoms with Crippen molar-refractivity contribution in [2.45, 2.75) is 19.4 Å². The predicted molar refractivity (Wildman–Crippen MR) is 103 cm³/mol. The molecule has 0 bridgehead atoms. The van der Waals surface area contributed by atoms with E-state index in [-0.39, 0.29) is 6.10 Å². The summed E-state index contributed by atoms with van der Waals surface area (Å²) in [6.45, 7) is 2.48. The summed E-state index contributed by atoms with van der Waals surface area (Å²) in [7, 11) is 1.63. The van der Waals surface area contributed by atoms with Gasteiger partial charge in [0, 0.05) is 37.2 Å². The molecule has 0 fully saturated rings. The molecular weight excluding hydrogens is 344 g/mol. The van der Waals surface area contributed by atoms with Crippen LogP contribution in [-0.4, -0.2) is 34.8 Å². The van der Waals surface area contributed by atoms with Gasteiger partial charge in [0.05, 0.1) is 35.3 Å². The highest BCUT2D eigenvalue weighted by Crippen LogP contribution is 2.34. The molecule has 1 unspecified atom stereocenters. The Morgan fingerprint density at radius 1 is 1.26 bits per heavy atom. The molecule has 2 aromatic heterocycles. The highest BCUT2D eigenvalue weighted by Gasteiger charge is 2.15.